The molecule has 0 aromatic rings. The molecule has 0 bridgehead atoms. The second-order valence-corrected chi connectivity index (χ2v) is 4.27. The Morgan fingerprint density at radius 1 is 1.67 bits per heavy atom. The Labute approximate surface area is 90.2 Å². The van der Waals surface area contributed by atoms with Crippen molar-refractivity contribution in [2.24, 2.45) is 11.7 Å². The quantitative estimate of drug-likeness (QED) is 0.603. The summed E-state index contributed by atoms with van der Waals surface area (Å²) in [5.74, 6) is -0.105. The molecule has 0 spiro atoms. The smallest absolute Gasteiger partial charge is 0.319 e. The fourth-order valence-corrected chi connectivity index (χ4v) is 2.00. The maximum atomic E-state index is 11.1. The molecular formula is C10H20N2O3. The minimum atomic E-state index is -0.378. The SMILES string of the molecule is COC(=O)CN1CC(N)CC(C(C)O)C1. The van der Waals surface area contributed by atoms with Gasteiger partial charge < -0.3 is 15.6 Å². The zero-order valence-corrected chi connectivity index (χ0v) is 9.35. The molecule has 1 rings (SSSR count). The van der Waals surface area contributed by atoms with Crippen molar-refractivity contribution in [1.29, 1.82) is 0 Å². The number of ether oxygens (including phenoxy) is 1. The lowest BCUT2D eigenvalue weighted by molar-refractivity contribution is -0.142. The van der Waals surface area contributed by atoms with Crippen LogP contribution in [0.15, 0.2) is 0 Å². The van der Waals surface area contributed by atoms with Gasteiger partial charge in [-0.1, -0.05) is 0 Å². The summed E-state index contributed by atoms with van der Waals surface area (Å²) in [6.45, 7) is 3.42. The number of nitrogens with zero attached hydrogens (tertiary/aromatic N) is 1. The third-order valence-corrected chi connectivity index (χ3v) is 2.85. The van der Waals surface area contributed by atoms with Crippen LogP contribution in [-0.2, 0) is 9.53 Å². The van der Waals surface area contributed by atoms with Gasteiger partial charge in [-0.2, -0.15) is 0 Å². The van der Waals surface area contributed by atoms with Gasteiger partial charge in [-0.05, 0) is 19.3 Å². The topological polar surface area (TPSA) is 75.8 Å². The van der Waals surface area contributed by atoms with Crippen LogP contribution in [0, 0.1) is 5.92 Å². The molecule has 5 nitrogen and oxygen atoms in total. The number of methoxy groups -OCH3 is 1. The molecule has 0 aromatic carbocycles. The number of hydrogen-bond donors (Lipinski definition) is 2. The van der Waals surface area contributed by atoms with Gasteiger partial charge in [0.25, 0.3) is 0 Å². The van der Waals surface area contributed by atoms with E-state index in [0.29, 0.717) is 13.1 Å². The van der Waals surface area contributed by atoms with Crippen molar-refractivity contribution >= 4 is 5.97 Å². The summed E-state index contributed by atoms with van der Waals surface area (Å²) in [6.07, 6.45) is 0.437. The summed E-state index contributed by atoms with van der Waals surface area (Å²) in [5, 5.41) is 9.51. The summed E-state index contributed by atoms with van der Waals surface area (Å²) >= 11 is 0. The van der Waals surface area contributed by atoms with E-state index in [1.54, 1.807) is 6.92 Å². The first-order valence-corrected chi connectivity index (χ1v) is 5.25. The van der Waals surface area contributed by atoms with Crippen LogP contribution in [0.4, 0.5) is 0 Å². The number of rotatable bonds is 3. The first-order chi connectivity index (χ1) is 7.02. The zero-order valence-electron chi connectivity index (χ0n) is 9.35. The van der Waals surface area contributed by atoms with Crippen molar-refractivity contribution in [1.82, 2.24) is 4.90 Å². The molecule has 1 fully saturated rings. The summed E-state index contributed by atoms with van der Waals surface area (Å²) in [6, 6.07) is 0.0306. The van der Waals surface area contributed by atoms with E-state index in [2.05, 4.69) is 4.74 Å². The van der Waals surface area contributed by atoms with Gasteiger partial charge in [0.05, 0.1) is 19.8 Å². The lowest BCUT2D eigenvalue weighted by Crippen LogP contribution is -2.50. The molecule has 1 aliphatic heterocycles. The second-order valence-electron chi connectivity index (χ2n) is 4.27. The molecule has 3 N–H and O–H groups in total. The summed E-state index contributed by atoms with van der Waals surface area (Å²) in [7, 11) is 1.37. The Hall–Kier alpha value is -0.650. The van der Waals surface area contributed by atoms with Gasteiger partial charge in [0.2, 0.25) is 0 Å². The Balaban J connectivity index is 2.48. The average Bonchev–Trinajstić information content (AvgIpc) is 2.16. The normalized spacial score (nSPS) is 29.9. The van der Waals surface area contributed by atoms with Crippen molar-refractivity contribution in [3.05, 3.63) is 0 Å². The molecule has 1 aliphatic rings. The van der Waals surface area contributed by atoms with E-state index in [4.69, 9.17) is 5.73 Å². The maximum absolute atomic E-state index is 11.1. The standard InChI is InChI=1S/C10H20N2O3/c1-7(13)8-3-9(11)5-12(4-8)6-10(14)15-2/h7-9,13H,3-6,11H2,1-2H3. The molecule has 88 valence electrons. The van der Waals surface area contributed by atoms with Gasteiger partial charge in [0.15, 0.2) is 0 Å². The number of hydrogen-bond acceptors (Lipinski definition) is 5. The monoisotopic (exact) mass is 216 g/mol. The molecule has 0 aliphatic carbocycles. The van der Waals surface area contributed by atoms with Crippen molar-refractivity contribution in [3.63, 3.8) is 0 Å². The number of likely N-dealkylation sites (tertiary alicyclic amines) is 1. The van der Waals surface area contributed by atoms with Crippen LogP contribution in [-0.4, -0.2) is 54.9 Å². The van der Waals surface area contributed by atoms with Crippen molar-refractivity contribution in [3.8, 4) is 0 Å². The molecule has 3 atom stereocenters. The van der Waals surface area contributed by atoms with Crippen LogP contribution in [0.25, 0.3) is 0 Å². The van der Waals surface area contributed by atoms with E-state index in [9.17, 15) is 9.90 Å². The Morgan fingerprint density at radius 3 is 2.87 bits per heavy atom. The number of aliphatic hydroxyl groups is 1. The molecule has 0 saturated carbocycles. The molecule has 0 amide bonds. The number of piperidine rings is 1. The molecule has 5 heteroatoms. The van der Waals surface area contributed by atoms with E-state index < -0.39 is 0 Å². The summed E-state index contributed by atoms with van der Waals surface area (Å²) in [5.41, 5.74) is 5.87. The van der Waals surface area contributed by atoms with Gasteiger partial charge >= 0.3 is 5.97 Å². The second kappa shape index (κ2) is 5.44. The molecule has 3 unspecified atom stereocenters. The Bertz CT molecular complexity index is 221. The fraction of sp³-hybridized carbons (Fsp3) is 0.900. The van der Waals surface area contributed by atoms with Crippen LogP contribution >= 0.6 is 0 Å². The molecule has 0 radical (unpaired) electrons. The number of carbonyl (C=O) groups excluding carboxylic acids is 1. The highest BCUT2D eigenvalue weighted by molar-refractivity contribution is 5.71. The Kier molecular flexibility index (Phi) is 4.50. The minimum Gasteiger partial charge on any atom is -0.468 e. The van der Waals surface area contributed by atoms with Crippen LogP contribution < -0.4 is 5.73 Å². The lowest BCUT2D eigenvalue weighted by Gasteiger charge is -2.36. The number of esters is 1. The first kappa shape index (κ1) is 12.4. The molecule has 1 saturated heterocycles. The highest BCUT2D eigenvalue weighted by Crippen LogP contribution is 2.18. The van der Waals surface area contributed by atoms with Crippen LogP contribution in [0.1, 0.15) is 13.3 Å². The number of aliphatic hydroxyl groups excluding tert-OH is 1. The van der Waals surface area contributed by atoms with E-state index in [1.165, 1.54) is 7.11 Å². The minimum absolute atomic E-state index is 0.0306. The average molecular weight is 216 g/mol. The van der Waals surface area contributed by atoms with Gasteiger partial charge in [0, 0.05) is 19.1 Å². The van der Waals surface area contributed by atoms with Crippen molar-refractivity contribution in [2.75, 3.05) is 26.7 Å². The van der Waals surface area contributed by atoms with Gasteiger partial charge in [-0.15, -0.1) is 0 Å². The van der Waals surface area contributed by atoms with Crippen molar-refractivity contribution < 1.29 is 14.6 Å². The van der Waals surface area contributed by atoms with Gasteiger partial charge in [-0.3, -0.25) is 9.69 Å². The van der Waals surface area contributed by atoms with Crippen LogP contribution in [0.5, 0.6) is 0 Å². The Morgan fingerprint density at radius 2 is 2.33 bits per heavy atom. The maximum Gasteiger partial charge on any atom is 0.319 e. The highest BCUT2D eigenvalue weighted by Gasteiger charge is 2.28. The molecular weight excluding hydrogens is 196 g/mol. The van der Waals surface area contributed by atoms with Crippen molar-refractivity contribution in [2.45, 2.75) is 25.5 Å². The van der Waals surface area contributed by atoms with E-state index >= 15 is 0 Å². The van der Waals surface area contributed by atoms with Crippen LogP contribution in [0.2, 0.25) is 0 Å². The third kappa shape index (κ3) is 3.77. The summed E-state index contributed by atoms with van der Waals surface area (Å²) < 4.78 is 4.60. The highest BCUT2D eigenvalue weighted by atomic mass is 16.5. The third-order valence-electron chi connectivity index (χ3n) is 2.85. The predicted octanol–water partition coefficient (Wildman–Crippen LogP) is -0.811. The van der Waals surface area contributed by atoms with Crippen LogP contribution in [0.3, 0.4) is 0 Å². The summed E-state index contributed by atoms with van der Waals surface area (Å²) in [4.78, 5) is 13.0. The number of carbonyl (C=O) groups is 1. The fourth-order valence-electron chi connectivity index (χ4n) is 2.00. The molecule has 15 heavy (non-hydrogen) atoms. The van der Waals surface area contributed by atoms with E-state index in [1.807, 2.05) is 4.90 Å². The first-order valence-electron chi connectivity index (χ1n) is 5.25. The van der Waals surface area contributed by atoms with Gasteiger partial charge in [-0.25, -0.2) is 0 Å². The number of nitrogens with two attached hydrogens (primary N) is 1. The largest absolute Gasteiger partial charge is 0.468 e. The van der Waals surface area contributed by atoms with E-state index in [-0.39, 0.29) is 30.6 Å². The predicted molar refractivity (Wildman–Crippen MR) is 56.2 cm³/mol. The molecule has 1 heterocycles. The van der Waals surface area contributed by atoms with E-state index in [0.717, 1.165) is 6.42 Å². The zero-order chi connectivity index (χ0) is 11.4. The lowest BCUT2D eigenvalue weighted by atomic mass is 9.91. The molecule has 0 aromatic heterocycles. The van der Waals surface area contributed by atoms with Gasteiger partial charge in [0.1, 0.15) is 0 Å².